The van der Waals surface area contributed by atoms with E-state index in [-0.39, 0.29) is 40.4 Å². The fraction of sp³-hybridized carbons (Fsp3) is 0.485. The number of pyridine rings is 1. The van der Waals surface area contributed by atoms with Crippen LogP contribution in [0.3, 0.4) is 0 Å². The number of phenolic OH excluding ortho intramolecular Hbond substituents is 1. The molecular formula is C33H34ClFN6O3. The molecule has 9 rings (SSSR count). The Morgan fingerprint density at radius 2 is 1.95 bits per heavy atom. The Bertz CT molecular complexity index is 1810. The molecule has 0 saturated carbocycles. The minimum absolute atomic E-state index is 0.00590. The normalized spacial score (nSPS) is 25.5. The molecule has 228 valence electrons. The molecule has 4 aromatic rings. The van der Waals surface area contributed by atoms with Gasteiger partial charge in [0.1, 0.15) is 34.8 Å². The lowest BCUT2D eigenvalue weighted by molar-refractivity contribution is 0.107. The van der Waals surface area contributed by atoms with Crippen LogP contribution in [0.4, 0.5) is 10.2 Å². The summed E-state index contributed by atoms with van der Waals surface area (Å²) in [5.74, 6) is 0.266. The highest BCUT2D eigenvalue weighted by Gasteiger charge is 2.46. The van der Waals surface area contributed by atoms with Crippen LogP contribution in [0.1, 0.15) is 44.9 Å². The second-order valence-electron chi connectivity index (χ2n) is 13.1. The lowest BCUT2D eigenvalue weighted by Gasteiger charge is -2.43. The molecule has 5 aliphatic heterocycles. The molecule has 4 saturated heterocycles. The molecule has 3 unspecified atom stereocenters. The van der Waals surface area contributed by atoms with E-state index in [9.17, 15) is 5.11 Å². The number of rotatable bonds is 4. The number of nitrogens with zero attached hydrogens (tertiary/aromatic N) is 5. The maximum absolute atomic E-state index is 17.0. The fourth-order valence-corrected chi connectivity index (χ4v) is 8.92. The number of hydrogen-bond acceptors (Lipinski definition) is 9. The van der Waals surface area contributed by atoms with Gasteiger partial charge in [0.15, 0.2) is 5.82 Å². The highest BCUT2D eigenvalue weighted by atomic mass is 35.5. The highest BCUT2D eigenvalue weighted by Crippen LogP contribution is 2.45. The van der Waals surface area contributed by atoms with Crippen LogP contribution in [0, 0.1) is 5.82 Å². The molecule has 7 heterocycles. The Morgan fingerprint density at radius 3 is 2.82 bits per heavy atom. The van der Waals surface area contributed by atoms with Crippen molar-refractivity contribution in [1.82, 2.24) is 25.2 Å². The van der Waals surface area contributed by atoms with Gasteiger partial charge in [-0.15, -0.1) is 0 Å². The zero-order valence-corrected chi connectivity index (χ0v) is 25.1. The number of fused-ring (bicyclic) bond motifs is 7. The maximum Gasteiger partial charge on any atom is 0.319 e. The summed E-state index contributed by atoms with van der Waals surface area (Å²) >= 11 is 6.65. The van der Waals surface area contributed by atoms with Crippen LogP contribution in [0.5, 0.6) is 17.6 Å². The van der Waals surface area contributed by atoms with Gasteiger partial charge in [0.2, 0.25) is 5.88 Å². The van der Waals surface area contributed by atoms with E-state index in [0.29, 0.717) is 57.9 Å². The van der Waals surface area contributed by atoms with Gasteiger partial charge in [-0.25, -0.2) is 9.37 Å². The monoisotopic (exact) mass is 616 g/mol. The van der Waals surface area contributed by atoms with Gasteiger partial charge in [0, 0.05) is 47.1 Å². The van der Waals surface area contributed by atoms with E-state index >= 15 is 4.39 Å². The first-order valence-electron chi connectivity index (χ1n) is 15.8. The molecule has 0 radical (unpaired) electrons. The van der Waals surface area contributed by atoms with E-state index in [0.717, 1.165) is 64.6 Å². The van der Waals surface area contributed by atoms with Crippen LogP contribution in [-0.2, 0) is 0 Å². The van der Waals surface area contributed by atoms with Gasteiger partial charge in [0.05, 0.1) is 12.1 Å². The summed E-state index contributed by atoms with van der Waals surface area (Å²) < 4.78 is 29.8. The van der Waals surface area contributed by atoms with Crippen molar-refractivity contribution >= 4 is 39.1 Å². The van der Waals surface area contributed by atoms with Crippen molar-refractivity contribution < 1.29 is 19.0 Å². The number of aromatic hydroxyl groups is 1. The second kappa shape index (κ2) is 10.0. The number of nitrogens with one attached hydrogen (secondary N) is 1. The smallest absolute Gasteiger partial charge is 0.319 e. The minimum Gasteiger partial charge on any atom is -0.508 e. The van der Waals surface area contributed by atoms with Crippen molar-refractivity contribution in [3.63, 3.8) is 0 Å². The Balaban J connectivity index is 1.25. The summed E-state index contributed by atoms with van der Waals surface area (Å²) in [6, 6.07) is 9.48. The molecule has 0 spiro atoms. The summed E-state index contributed by atoms with van der Waals surface area (Å²) in [5, 5.41) is 16.6. The van der Waals surface area contributed by atoms with Crippen LogP contribution >= 0.6 is 11.6 Å². The number of anilines is 1. The lowest BCUT2D eigenvalue weighted by atomic mass is 9.95. The number of hydrogen-bond donors (Lipinski definition) is 2. The maximum atomic E-state index is 17.0. The van der Waals surface area contributed by atoms with E-state index in [2.05, 4.69) is 15.1 Å². The third kappa shape index (κ3) is 4.07. The summed E-state index contributed by atoms with van der Waals surface area (Å²) in [6.07, 6.45) is 7.44. The van der Waals surface area contributed by atoms with Gasteiger partial charge in [-0.1, -0.05) is 23.7 Å². The van der Waals surface area contributed by atoms with Crippen LogP contribution in [0.2, 0.25) is 5.02 Å². The van der Waals surface area contributed by atoms with Crippen molar-refractivity contribution in [2.75, 3.05) is 37.7 Å². The van der Waals surface area contributed by atoms with Crippen molar-refractivity contribution in [1.29, 1.82) is 0 Å². The predicted octanol–water partition coefficient (Wildman–Crippen LogP) is 5.44. The molecule has 9 nitrogen and oxygen atoms in total. The molecule has 2 bridgehead atoms. The molecular weight excluding hydrogens is 583 g/mol. The van der Waals surface area contributed by atoms with Crippen molar-refractivity contribution in [3.05, 3.63) is 41.2 Å². The van der Waals surface area contributed by atoms with E-state index in [1.54, 1.807) is 18.2 Å². The van der Waals surface area contributed by atoms with Gasteiger partial charge in [-0.3, -0.25) is 4.90 Å². The number of phenols is 1. The van der Waals surface area contributed by atoms with Crippen molar-refractivity contribution in [2.45, 2.75) is 68.6 Å². The molecule has 5 aliphatic rings. The fourth-order valence-electron chi connectivity index (χ4n) is 8.64. The van der Waals surface area contributed by atoms with Crippen LogP contribution in [-0.4, -0.2) is 81.5 Å². The first kappa shape index (κ1) is 26.9. The third-order valence-corrected chi connectivity index (χ3v) is 11.0. The van der Waals surface area contributed by atoms with Crippen molar-refractivity contribution in [2.24, 2.45) is 0 Å². The minimum atomic E-state index is -0.621. The van der Waals surface area contributed by atoms with Gasteiger partial charge in [-0.2, -0.15) is 9.97 Å². The number of piperazine rings is 1. The number of aromatic nitrogens is 3. The zero-order valence-electron chi connectivity index (χ0n) is 24.4. The summed E-state index contributed by atoms with van der Waals surface area (Å²) in [6.45, 7) is 3.84. The summed E-state index contributed by atoms with van der Waals surface area (Å²) in [4.78, 5) is 19.4. The average Bonchev–Trinajstić information content (AvgIpc) is 3.71. The Hall–Kier alpha value is -3.47. The zero-order chi connectivity index (χ0) is 29.6. The first-order valence-corrected chi connectivity index (χ1v) is 16.2. The summed E-state index contributed by atoms with van der Waals surface area (Å²) in [7, 11) is 0. The van der Waals surface area contributed by atoms with E-state index in [4.69, 9.17) is 36.0 Å². The molecule has 3 atom stereocenters. The van der Waals surface area contributed by atoms with Crippen molar-refractivity contribution in [3.8, 4) is 28.9 Å². The molecule has 0 amide bonds. The average molecular weight is 617 g/mol. The molecule has 4 fully saturated rings. The lowest BCUT2D eigenvalue weighted by Crippen LogP contribution is -2.59. The largest absolute Gasteiger partial charge is 0.508 e. The van der Waals surface area contributed by atoms with Gasteiger partial charge >= 0.3 is 6.01 Å². The van der Waals surface area contributed by atoms with Crippen LogP contribution in [0.15, 0.2) is 30.3 Å². The van der Waals surface area contributed by atoms with E-state index in [1.165, 1.54) is 6.07 Å². The SMILES string of the molecule is Oc1cc(-c2nc3c4c(nc(OCC56CCCN5CCC6)nc4c2F)N2CC4CCC(N4)C2CCO3)c2c(Cl)cccc2c1. The van der Waals surface area contributed by atoms with E-state index < -0.39 is 5.82 Å². The van der Waals surface area contributed by atoms with Gasteiger partial charge in [0.25, 0.3) is 0 Å². The molecule has 11 heteroatoms. The summed E-state index contributed by atoms with van der Waals surface area (Å²) in [5.41, 5.74) is 0.492. The Kier molecular flexibility index (Phi) is 6.12. The predicted molar refractivity (Wildman–Crippen MR) is 166 cm³/mol. The Morgan fingerprint density at radius 1 is 1.09 bits per heavy atom. The quantitative estimate of drug-likeness (QED) is 0.311. The molecule has 2 aromatic carbocycles. The van der Waals surface area contributed by atoms with Gasteiger partial charge in [-0.05, 0) is 75.2 Å². The van der Waals surface area contributed by atoms with Gasteiger partial charge < -0.3 is 24.8 Å². The molecule has 44 heavy (non-hydrogen) atoms. The number of benzene rings is 2. The number of ether oxygens (including phenoxy) is 2. The van der Waals surface area contributed by atoms with E-state index in [1.807, 2.05) is 6.07 Å². The molecule has 2 aromatic heterocycles. The molecule has 0 aliphatic carbocycles. The first-order chi connectivity index (χ1) is 21.5. The third-order valence-electron chi connectivity index (χ3n) is 10.6. The van der Waals surface area contributed by atoms with Crippen LogP contribution in [0.25, 0.3) is 32.9 Å². The number of halogens is 2. The molecule has 2 N–H and O–H groups in total. The second-order valence-corrected chi connectivity index (χ2v) is 13.5. The Labute approximate surface area is 259 Å². The highest BCUT2D eigenvalue weighted by molar-refractivity contribution is 6.36. The topological polar surface area (TPSA) is 95.9 Å². The van der Waals surface area contributed by atoms with Crippen LogP contribution < -0.4 is 19.7 Å². The standard InChI is InChI=1S/C33H34ClFN6O3/c34-22-5-1-4-18-14-20(42)15-21(25(18)22)28-27(35)29-26-30(39-32(38-29)44-17-33-9-2-11-40(33)12-3-10-33)41-16-19-6-7-23(36-19)24(41)8-13-43-31(26)37-28/h1,4-5,14-15,19,23-24,36,42H,2-3,6-13,16-17H2.